The largest absolute Gasteiger partial charge is 0.380 e. The second-order valence-electron chi connectivity index (χ2n) is 5.35. The molecule has 0 aromatic heterocycles. The Hall–Kier alpha value is -0.930. The van der Waals surface area contributed by atoms with E-state index < -0.39 is 0 Å². The van der Waals surface area contributed by atoms with Gasteiger partial charge in [0.25, 0.3) is 0 Å². The second-order valence-corrected chi connectivity index (χ2v) is 5.35. The molecule has 0 amide bonds. The summed E-state index contributed by atoms with van der Waals surface area (Å²) in [6.07, 6.45) is 2.62. The highest BCUT2D eigenvalue weighted by molar-refractivity contribution is 5.30. The maximum atomic E-state index is 13.3. The van der Waals surface area contributed by atoms with Crippen LogP contribution in [-0.2, 0) is 10.2 Å². The minimum atomic E-state index is -0.157. The minimum absolute atomic E-state index is 0.00299. The van der Waals surface area contributed by atoms with Gasteiger partial charge in [-0.3, -0.25) is 0 Å². The van der Waals surface area contributed by atoms with E-state index in [2.05, 4.69) is 5.32 Å². The first kappa shape index (κ1) is 11.2. The van der Waals surface area contributed by atoms with Gasteiger partial charge in [0.05, 0.1) is 6.61 Å². The third kappa shape index (κ3) is 2.35. The van der Waals surface area contributed by atoms with Crippen LogP contribution >= 0.6 is 0 Å². The van der Waals surface area contributed by atoms with E-state index in [1.54, 1.807) is 12.1 Å². The van der Waals surface area contributed by atoms with Crippen LogP contribution in [0.15, 0.2) is 24.3 Å². The van der Waals surface area contributed by atoms with Crippen molar-refractivity contribution in [2.75, 3.05) is 26.3 Å². The third-order valence-electron chi connectivity index (χ3n) is 3.79. The van der Waals surface area contributed by atoms with Crippen molar-refractivity contribution in [1.29, 1.82) is 0 Å². The first-order valence-electron chi connectivity index (χ1n) is 6.33. The second kappa shape index (κ2) is 4.39. The van der Waals surface area contributed by atoms with Crippen molar-refractivity contribution in [1.82, 2.24) is 5.32 Å². The fourth-order valence-corrected chi connectivity index (χ4v) is 2.34. The lowest BCUT2D eigenvalue weighted by Gasteiger charge is -2.43. The smallest absolute Gasteiger partial charge is 0.123 e. The van der Waals surface area contributed by atoms with Crippen molar-refractivity contribution in [3.63, 3.8) is 0 Å². The summed E-state index contributed by atoms with van der Waals surface area (Å²) >= 11 is 0. The maximum absolute atomic E-state index is 13.3. The first-order chi connectivity index (χ1) is 8.28. The van der Waals surface area contributed by atoms with Crippen molar-refractivity contribution >= 4 is 0 Å². The molecule has 2 nitrogen and oxygen atoms in total. The van der Waals surface area contributed by atoms with E-state index in [9.17, 15) is 4.39 Å². The van der Waals surface area contributed by atoms with Crippen LogP contribution in [0.25, 0.3) is 0 Å². The molecule has 1 heterocycles. The molecule has 17 heavy (non-hydrogen) atoms. The van der Waals surface area contributed by atoms with Crippen molar-refractivity contribution in [2.24, 2.45) is 5.92 Å². The highest BCUT2D eigenvalue weighted by Crippen LogP contribution is 2.32. The summed E-state index contributed by atoms with van der Waals surface area (Å²) in [5.74, 6) is 0.628. The molecular weight excluding hydrogens is 217 g/mol. The van der Waals surface area contributed by atoms with Crippen molar-refractivity contribution in [3.05, 3.63) is 35.6 Å². The topological polar surface area (TPSA) is 21.3 Å². The van der Waals surface area contributed by atoms with E-state index >= 15 is 0 Å². The molecule has 0 unspecified atom stereocenters. The van der Waals surface area contributed by atoms with Crippen LogP contribution in [0.2, 0.25) is 0 Å². The van der Waals surface area contributed by atoms with Gasteiger partial charge in [-0.2, -0.15) is 0 Å². The molecule has 0 spiro atoms. The molecule has 3 rings (SSSR count). The van der Waals surface area contributed by atoms with E-state index in [1.807, 2.05) is 6.07 Å². The zero-order chi connectivity index (χ0) is 11.7. The molecule has 1 saturated carbocycles. The number of nitrogens with one attached hydrogen (secondary N) is 1. The molecule has 2 aliphatic rings. The molecule has 0 radical (unpaired) electrons. The number of rotatable bonds is 5. The zero-order valence-electron chi connectivity index (χ0n) is 9.92. The molecule has 92 valence electrons. The minimum Gasteiger partial charge on any atom is -0.380 e. The lowest BCUT2D eigenvalue weighted by Crippen LogP contribution is -2.59. The molecule has 2 fully saturated rings. The van der Waals surface area contributed by atoms with Crippen molar-refractivity contribution < 1.29 is 9.13 Å². The van der Waals surface area contributed by atoms with Gasteiger partial charge in [-0.25, -0.2) is 4.39 Å². The lowest BCUT2D eigenvalue weighted by atomic mass is 9.76. The molecule has 0 atom stereocenters. The van der Waals surface area contributed by atoms with E-state index in [0.717, 1.165) is 31.2 Å². The zero-order valence-corrected chi connectivity index (χ0v) is 9.92. The number of halogens is 1. The molecule has 1 saturated heterocycles. The molecule has 1 N–H and O–H groups in total. The van der Waals surface area contributed by atoms with Gasteiger partial charge in [0.1, 0.15) is 5.82 Å². The van der Waals surface area contributed by atoms with Gasteiger partial charge in [0.2, 0.25) is 0 Å². The van der Waals surface area contributed by atoms with E-state index in [1.165, 1.54) is 18.9 Å². The first-order valence-corrected chi connectivity index (χ1v) is 6.33. The summed E-state index contributed by atoms with van der Waals surface area (Å²) in [7, 11) is 0. The Balaban J connectivity index is 1.67. The summed E-state index contributed by atoms with van der Waals surface area (Å²) in [6, 6.07) is 6.92. The molecule has 1 aromatic rings. The molecule has 0 bridgehead atoms. The van der Waals surface area contributed by atoms with Crippen LogP contribution in [-0.4, -0.2) is 26.3 Å². The molecule has 3 heteroatoms. The third-order valence-corrected chi connectivity index (χ3v) is 3.79. The van der Waals surface area contributed by atoms with Crippen LogP contribution in [0.3, 0.4) is 0 Å². The fourth-order valence-electron chi connectivity index (χ4n) is 2.34. The maximum Gasteiger partial charge on any atom is 0.123 e. The Kier molecular flexibility index (Phi) is 2.89. The highest BCUT2D eigenvalue weighted by Gasteiger charge is 2.39. The van der Waals surface area contributed by atoms with Gasteiger partial charge in [-0.05, 0) is 36.5 Å². The van der Waals surface area contributed by atoms with E-state index in [0.29, 0.717) is 6.61 Å². The number of ether oxygens (including phenoxy) is 1. The average Bonchev–Trinajstić information content (AvgIpc) is 3.06. The Morgan fingerprint density at radius 1 is 1.35 bits per heavy atom. The molecule has 1 aromatic carbocycles. The van der Waals surface area contributed by atoms with E-state index in [-0.39, 0.29) is 11.2 Å². The lowest BCUT2D eigenvalue weighted by molar-refractivity contribution is 0.0513. The summed E-state index contributed by atoms with van der Waals surface area (Å²) in [4.78, 5) is 0. The average molecular weight is 235 g/mol. The van der Waals surface area contributed by atoms with E-state index in [4.69, 9.17) is 4.74 Å². The Morgan fingerprint density at radius 2 is 2.18 bits per heavy atom. The highest BCUT2D eigenvalue weighted by atomic mass is 19.1. The van der Waals surface area contributed by atoms with Crippen LogP contribution < -0.4 is 5.32 Å². The fraction of sp³-hybridized carbons (Fsp3) is 0.571. The predicted octanol–water partition coefficient (Wildman–Crippen LogP) is 2.09. The Labute approximate surface area is 101 Å². The van der Waals surface area contributed by atoms with Crippen molar-refractivity contribution in [2.45, 2.75) is 18.3 Å². The van der Waals surface area contributed by atoms with Crippen LogP contribution in [0.4, 0.5) is 4.39 Å². The van der Waals surface area contributed by atoms with Gasteiger partial charge < -0.3 is 10.1 Å². The number of hydrogen-bond donors (Lipinski definition) is 1. The van der Waals surface area contributed by atoms with Crippen LogP contribution in [0.1, 0.15) is 18.4 Å². The molecule has 1 aliphatic heterocycles. The van der Waals surface area contributed by atoms with Gasteiger partial charge in [0.15, 0.2) is 0 Å². The summed E-state index contributed by atoms with van der Waals surface area (Å²) in [5, 5.41) is 3.27. The van der Waals surface area contributed by atoms with Gasteiger partial charge >= 0.3 is 0 Å². The molecular formula is C14H18FNO. The standard InChI is InChI=1S/C14H18FNO/c15-13-3-1-2-12(6-13)14(8-16-9-14)10-17-7-11-4-5-11/h1-3,6,11,16H,4-5,7-10H2. The molecule has 1 aliphatic carbocycles. The summed E-state index contributed by atoms with van der Waals surface area (Å²) < 4.78 is 19.1. The van der Waals surface area contributed by atoms with Crippen molar-refractivity contribution in [3.8, 4) is 0 Å². The predicted molar refractivity (Wildman–Crippen MR) is 64.5 cm³/mol. The van der Waals surface area contributed by atoms with Crippen LogP contribution in [0, 0.1) is 11.7 Å². The summed E-state index contributed by atoms with van der Waals surface area (Å²) in [6.45, 7) is 3.36. The number of benzene rings is 1. The van der Waals surface area contributed by atoms with Gasteiger partial charge in [0, 0.05) is 25.1 Å². The SMILES string of the molecule is Fc1cccc(C2(COCC3CC3)CNC2)c1. The summed E-state index contributed by atoms with van der Waals surface area (Å²) in [5.41, 5.74) is 1.06. The normalized spacial score (nSPS) is 22.2. The Morgan fingerprint density at radius 3 is 2.76 bits per heavy atom. The quantitative estimate of drug-likeness (QED) is 0.844. The van der Waals surface area contributed by atoms with Crippen LogP contribution in [0.5, 0.6) is 0 Å². The van der Waals surface area contributed by atoms with Gasteiger partial charge in [-0.15, -0.1) is 0 Å². The number of hydrogen-bond acceptors (Lipinski definition) is 2. The van der Waals surface area contributed by atoms with Gasteiger partial charge in [-0.1, -0.05) is 12.1 Å². The Bertz CT molecular complexity index is 399. The monoisotopic (exact) mass is 235 g/mol.